The maximum atomic E-state index is 12.2. The zero-order valence-electron chi connectivity index (χ0n) is 21.0. The van der Waals surface area contributed by atoms with Gasteiger partial charge < -0.3 is 25.2 Å². The van der Waals surface area contributed by atoms with Crippen molar-refractivity contribution >= 4 is 17.0 Å². The highest BCUT2D eigenvalue weighted by atomic mass is 32.2. The number of nitrogens with one attached hydrogen (secondary N) is 1. The molecule has 0 spiro atoms. The van der Waals surface area contributed by atoms with Crippen LogP contribution >= 0.6 is 0 Å². The van der Waals surface area contributed by atoms with Gasteiger partial charge in [0.1, 0.15) is 0 Å². The van der Waals surface area contributed by atoms with Crippen LogP contribution in [0.1, 0.15) is 78.6 Å². The molecule has 0 heterocycles. The van der Waals surface area contributed by atoms with Crippen molar-refractivity contribution in [3.63, 3.8) is 0 Å². The Morgan fingerprint density at radius 2 is 1.82 bits per heavy atom. The van der Waals surface area contributed by atoms with E-state index >= 15 is 0 Å². The van der Waals surface area contributed by atoms with Crippen LogP contribution in [-0.4, -0.2) is 60.6 Å². The van der Waals surface area contributed by atoms with E-state index in [0.29, 0.717) is 24.2 Å². The Morgan fingerprint density at radius 3 is 2.53 bits per heavy atom. The fraction of sp³-hybridized carbons (Fsp3) is 0.962. The van der Waals surface area contributed by atoms with Crippen molar-refractivity contribution in [2.24, 2.45) is 46.3 Å². The van der Waals surface area contributed by atoms with E-state index in [4.69, 9.17) is 4.55 Å². The molecule has 5 N–H and O–H groups in total. The summed E-state index contributed by atoms with van der Waals surface area (Å²) in [6.45, 7) is 6.97. The standard InChI is InChI=1S/C26H45NO6S/c1-15(4-7-23(31)27-10-11-34(32)33)18-5-6-19-24-20(14-22(30)26(18,19)3)25(2)9-8-17(28)12-16(25)13-21(24)29/h15-22,24,28-30H,4-14H2,1-3H3,(H,27,31)(H,32,33)/t15-,16+,17-,18-,19+,20+,21-,22+,24+,25+,26-/m1/s1. The molecule has 4 aliphatic rings. The molecule has 0 bridgehead atoms. The van der Waals surface area contributed by atoms with E-state index in [1.165, 1.54) is 0 Å². The predicted molar refractivity (Wildman–Crippen MR) is 131 cm³/mol. The van der Waals surface area contributed by atoms with Crippen LogP contribution in [0, 0.1) is 46.3 Å². The Labute approximate surface area is 206 Å². The highest BCUT2D eigenvalue weighted by Gasteiger charge is 2.65. The van der Waals surface area contributed by atoms with Crippen LogP contribution in [0.5, 0.6) is 0 Å². The normalized spacial score (nSPS) is 47.7. The molecule has 4 saturated carbocycles. The number of rotatable bonds is 7. The third-order valence-corrected chi connectivity index (χ3v) is 11.5. The number of aliphatic hydroxyl groups excluding tert-OH is 3. The Hall–Kier alpha value is -0.540. The quantitative estimate of drug-likeness (QED) is 0.343. The summed E-state index contributed by atoms with van der Waals surface area (Å²) in [5, 5.41) is 36.0. The summed E-state index contributed by atoms with van der Waals surface area (Å²) in [5.74, 6) is 1.61. The van der Waals surface area contributed by atoms with Crippen LogP contribution in [0.3, 0.4) is 0 Å². The second kappa shape index (κ2) is 10.1. The van der Waals surface area contributed by atoms with Crippen molar-refractivity contribution in [2.45, 2.75) is 96.9 Å². The lowest BCUT2D eigenvalue weighted by Crippen LogP contribution is -2.62. The molecular formula is C26H45NO6S. The van der Waals surface area contributed by atoms with Gasteiger partial charge in [-0.25, -0.2) is 4.21 Å². The average Bonchev–Trinajstić information content (AvgIpc) is 3.12. The van der Waals surface area contributed by atoms with Gasteiger partial charge in [0, 0.05) is 13.0 Å². The van der Waals surface area contributed by atoms with Crippen LogP contribution in [0.4, 0.5) is 0 Å². The summed E-state index contributed by atoms with van der Waals surface area (Å²) < 4.78 is 19.6. The first kappa shape index (κ1) is 26.5. The molecular weight excluding hydrogens is 454 g/mol. The average molecular weight is 500 g/mol. The van der Waals surface area contributed by atoms with E-state index in [1.807, 2.05) is 0 Å². The Morgan fingerprint density at radius 1 is 1.09 bits per heavy atom. The summed E-state index contributed by atoms with van der Waals surface area (Å²) in [6.07, 6.45) is 6.12. The minimum absolute atomic E-state index is 0.0412. The van der Waals surface area contributed by atoms with Crippen LogP contribution in [0.25, 0.3) is 0 Å². The lowest BCUT2D eigenvalue weighted by molar-refractivity contribution is -0.207. The Kier molecular flexibility index (Phi) is 7.86. The number of fused-ring (bicyclic) bond motifs is 5. The van der Waals surface area contributed by atoms with E-state index in [0.717, 1.165) is 51.4 Å². The predicted octanol–water partition coefficient (Wildman–Crippen LogP) is 2.70. The molecule has 8 heteroatoms. The zero-order chi connectivity index (χ0) is 24.8. The van der Waals surface area contributed by atoms with Gasteiger partial charge in [-0.2, -0.15) is 0 Å². The molecule has 0 aliphatic heterocycles. The van der Waals surface area contributed by atoms with Crippen molar-refractivity contribution in [2.75, 3.05) is 12.3 Å². The number of aliphatic hydroxyl groups is 3. The van der Waals surface area contributed by atoms with E-state index < -0.39 is 17.2 Å². The molecule has 4 fully saturated rings. The summed E-state index contributed by atoms with van der Waals surface area (Å²) in [5.41, 5.74) is -0.186. The minimum atomic E-state index is -1.90. The van der Waals surface area contributed by atoms with Gasteiger partial charge in [-0.05, 0) is 97.7 Å². The maximum absolute atomic E-state index is 12.2. The topological polar surface area (TPSA) is 127 Å². The first-order valence-electron chi connectivity index (χ1n) is 13.4. The van der Waals surface area contributed by atoms with E-state index in [1.54, 1.807) is 0 Å². The maximum Gasteiger partial charge on any atom is 0.220 e. The van der Waals surface area contributed by atoms with Gasteiger partial charge in [0.2, 0.25) is 5.91 Å². The van der Waals surface area contributed by atoms with Crippen LogP contribution in [0.15, 0.2) is 0 Å². The highest BCUT2D eigenvalue weighted by molar-refractivity contribution is 7.79. The van der Waals surface area contributed by atoms with E-state index in [9.17, 15) is 24.3 Å². The van der Waals surface area contributed by atoms with E-state index in [-0.39, 0.29) is 59.0 Å². The largest absolute Gasteiger partial charge is 0.393 e. The lowest BCUT2D eigenvalue weighted by Gasteiger charge is -2.63. The fourth-order valence-corrected chi connectivity index (χ4v) is 9.33. The molecule has 0 aromatic heterocycles. The number of carbonyl (C=O) groups is 1. The monoisotopic (exact) mass is 499 g/mol. The number of hydrogen-bond donors (Lipinski definition) is 5. The summed E-state index contributed by atoms with van der Waals surface area (Å²) in [7, 11) is 0. The zero-order valence-corrected chi connectivity index (χ0v) is 21.8. The van der Waals surface area contributed by atoms with Gasteiger partial charge in [0.05, 0.1) is 24.1 Å². The molecule has 1 amide bonds. The molecule has 196 valence electrons. The summed E-state index contributed by atoms with van der Waals surface area (Å²) >= 11 is -1.90. The first-order chi connectivity index (χ1) is 16.0. The molecule has 0 aromatic rings. The molecule has 7 nitrogen and oxygen atoms in total. The number of amides is 1. The van der Waals surface area contributed by atoms with Gasteiger partial charge in [-0.15, -0.1) is 0 Å². The lowest BCUT2D eigenvalue weighted by atomic mass is 9.43. The van der Waals surface area contributed by atoms with Crippen LogP contribution in [0.2, 0.25) is 0 Å². The van der Waals surface area contributed by atoms with Crippen molar-refractivity contribution in [1.82, 2.24) is 5.32 Å². The highest BCUT2D eigenvalue weighted by Crippen LogP contribution is 2.68. The first-order valence-corrected chi connectivity index (χ1v) is 14.6. The molecule has 12 atom stereocenters. The third kappa shape index (κ3) is 4.62. The van der Waals surface area contributed by atoms with Crippen molar-refractivity contribution < 1.29 is 28.9 Å². The van der Waals surface area contributed by atoms with Gasteiger partial charge in [-0.1, -0.05) is 20.8 Å². The smallest absolute Gasteiger partial charge is 0.220 e. The summed E-state index contributed by atoms with van der Waals surface area (Å²) in [6, 6.07) is 0. The molecule has 4 rings (SSSR count). The summed E-state index contributed by atoms with van der Waals surface area (Å²) in [4.78, 5) is 12.2. The van der Waals surface area contributed by atoms with Crippen LogP contribution < -0.4 is 5.32 Å². The van der Waals surface area contributed by atoms with Gasteiger partial charge >= 0.3 is 0 Å². The fourth-order valence-electron chi connectivity index (χ4n) is 9.06. The molecule has 34 heavy (non-hydrogen) atoms. The van der Waals surface area contributed by atoms with Crippen molar-refractivity contribution in [3.05, 3.63) is 0 Å². The molecule has 4 aliphatic carbocycles. The van der Waals surface area contributed by atoms with Gasteiger partial charge in [-0.3, -0.25) is 4.79 Å². The second-order valence-corrected chi connectivity index (χ2v) is 13.5. The second-order valence-electron chi connectivity index (χ2n) is 12.4. The SMILES string of the molecule is C[C@H](CCC(=O)NCCS(=O)O)[C@H]1CC[C@H]2[C@@H]3[C@H](O)C[C@@H]4C[C@H](O)CC[C@]4(C)[C@H]3C[C@H](O)[C@]12C. The molecule has 0 radical (unpaired) electrons. The van der Waals surface area contributed by atoms with Gasteiger partial charge in [0.25, 0.3) is 0 Å². The molecule has 0 aromatic carbocycles. The molecule has 0 saturated heterocycles. The van der Waals surface area contributed by atoms with Crippen LogP contribution in [-0.2, 0) is 15.9 Å². The van der Waals surface area contributed by atoms with Crippen molar-refractivity contribution in [1.29, 1.82) is 0 Å². The number of carbonyl (C=O) groups excluding carboxylic acids is 1. The van der Waals surface area contributed by atoms with E-state index in [2.05, 4.69) is 26.1 Å². The Balaban J connectivity index is 1.45. The molecule has 1 unspecified atom stereocenters. The third-order valence-electron chi connectivity index (χ3n) is 10.9. The van der Waals surface area contributed by atoms with Gasteiger partial charge in [0.15, 0.2) is 11.1 Å². The Bertz CT molecular complexity index is 780. The van der Waals surface area contributed by atoms with Crippen molar-refractivity contribution in [3.8, 4) is 0 Å². The minimum Gasteiger partial charge on any atom is -0.393 e. The number of hydrogen-bond acceptors (Lipinski definition) is 5.